The number of ether oxygens (including phenoxy) is 1. The van der Waals surface area contributed by atoms with Gasteiger partial charge in [0.2, 0.25) is 5.91 Å². The number of unbranched alkanes of at least 4 members (excludes halogenated alkanes) is 1. The highest BCUT2D eigenvalue weighted by molar-refractivity contribution is 8.15. The third-order valence-electron chi connectivity index (χ3n) is 6.60. The standard InChI is InChI=1S/C30H26F4N6O3S/c1-3-4-5-18-7-6-17(2)12-24(18)40-26(41)15-44-30(40)37-29(42)36-23-10-8-19(13-21(23)31)27-35-16-39(38-27)20-9-11-25(22(32)14-20)43-28(33)34/h6-14,16,28H,3-5,15H2,1-2H3,(H,36,42)/b37-30-. The molecule has 2 heterocycles. The second-order valence-corrected chi connectivity index (χ2v) is 10.7. The molecule has 0 radical (unpaired) electrons. The van der Waals surface area contributed by atoms with Crippen molar-refractivity contribution in [2.45, 2.75) is 39.7 Å². The Bertz CT molecular complexity index is 1750. The highest BCUT2D eigenvalue weighted by atomic mass is 32.2. The van der Waals surface area contributed by atoms with E-state index >= 15 is 4.39 Å². The predicted octanol–water partition coefficient (Wildman–Crippen LogP) is 7.13. The van der Waals surface area contributed by atoms with Crippen LogP contribution in [0.1, 0.15) is 30.9 Å². The fourth-order valence-corrected chi connectivity index (χ4v) is 5.33. The van der Waals surface area contributed by atoms with Crippen LogP contribution in [0.5, 0.6) is 5.75 Å². The lowest BCUT2D eigenvalue weighted by Gasteiger charge is -2.20. The van der Waals surface area contributed by atoms with E-state index in [1.54, 1.807) is 0 Å². The zero-order valence-corrected chi connectivity index (χ0v) is 24.4. The number of carbonyl (C=O) groups excluding carboxylic acids is 2. The molecule has 5 rings (SSSR count). The second-order valence-electron chi connectivity index (χ2n) is 9.78. The number of carbonyl (C=O) groups is 2. The first-order chi connectivity index (χ1) is 21.1. The Kier molecular flexibility index (Phi) is 9.28. The lowest BCUT2D eigenvalue weighted by molar-refractivity contribution is -0.115. The number of thioether (sulfide) groups is 1. The summed E-state index contributed by atoms with van der Waals surface area (Å²) in [6.45, 7) is 0.825. The number of amides is 3. The molecule has 0 atom stereocenters. The summed E-state index contributed by atoms with van der Waals surface area (Å²) in [6, 6.07) is 12.2. The van der Waals surface area contributed by atoms with E-state index < -0.39 is 30.0 Å². The minimum atomic E-state index is -3.17. The molecule has 1 aliphatic rings. The molecule has 1 fully saturated rings. The molecular weight excluding hydrogens is 600 g/mol. The van der Waals surface area contributed by atoms with Crippen LogP contribution in [0, 0.1) is 18.6 Å². The van der Waals surface area contributed by atoms with Gasteiger partial charge in [0, 0.05) is 11.6 Å². The van der Waals surface area contributed by atoms with E-state index in [0.29, 0.717) is 5.69 Å². The quantitative estimate of drug-likeness (QED) is 0.198. The topological polar surface area (TPSA) is 102 Å². The molecule has 1 N–H and O–H groups in total. The lowest BCUT2D eigenvalue weighted by atomic mass is 10.0. The molecule has 0 saturated carbocycles. The van der Waals surface area contributed by atoms with E-state index in [-0.39, 0.29) is 39.6 Å². The maximum atomic E-state index is 15.0. The van der Waals surface area contributed by atoms with Crippen LogP contribution in [0.2, 0.25) is 0 Å². The van der Waals surface area contributed by atoms with Crippen LogP contribution in [-0.4, -0.2) is 44.2 Å². The highest BCUT2D eigenvalue weighted by Gasteiger charge is 2.32. The highest BCUT2D eigenvalue weighted by Crippen LogP contribution is 2.32. The Hall–Kier alpha value is -4.72. The molecule has 9 nitrogen and oxygen atoms in total. The number of halogens is 4. The van der Waals surface area contributed by atoms with Gasteiger partial charge in [-0.25, -0.2) is 23.2 Å². The van der Waals surface area contributed by atoms with Crippen molar-refractivity contribution in [3.8, 4) is 22.8 Å². The number of hydrogen-bond acceptors (Lipinski definition) is 6. The summed E-state index contributed by atoms with van der Waals surface area (Å²) in [7, 11) is 0. The average Bonchev–Trinajstić information content (AvgIpc) is 3.61. The molecule has 1 saturated heterocycles. The number of alkyl halides is 2. The minimum absolute atomic E-state index is 0.0869. The number of nitrogens with zero attached hydrogens (tertiary/aromatic N) is 5. The Morgan fingerprint density at radius 1 is 1.11 bits per heavy atom. The van der Waals surface area contributed by atoms with Crippen molar-refractivity contribution in [2.75, 3.05) is 16.0 Å². The monoisotopic (exact) mass is 626 g/mol. The van der Waals surface area contributed by atoms with Gasteiger partial charge >= 0.3 is 12.6 Å². The fraction of sp³-hybridized carbons (Fsp3) is 0.233. The van der Waals surface area contributed by atoms with E-state index in [0.717, 1.165) is 60.4 Å². The molecule has 0 spiro atoms. The number of rotatable bonds is 9. The second kappa shape index (κ2) is 13.3. The first-order valence-electron chi connectivity index (χ1n) is 13.5. The number of urea groups is 1. The average molecular weight is 627 g/mol. The third kappa shape index (κ3) is 6.91. The normalized spacial score (nSPS) is 14.1. The maximum Gasteiger partial charge on any atom is 0.387 e. The SMILES string of the molecule is CCCCc1ccc(C)cc1N1C(=O)CS/C1=N\C(=O)Nc1ccc(-c2ncn(-c3ccc(OC(F)F)c(F)c3)n2)cc1F. The van der Waals surface area contributed by atoms with Crippen molar-refractivity contribution in [1.29, 1.82) is 0 Å². The number of aryl methyl sites for hydroxylation is 2. The number of hydrogen-bond donors (Lipinski definition) is 1. The zero-order valence-electron chi connectivity index (χ0n) is 23.6. The summed E-state index contributed by atoms with van der Waals surface area (Å²) in [4.78, 5) is 35.3. The number of amidine groups is 1. The molecule has 0 unspecified atom stereocenters. The smallest absolute Gasteiger partial charge is 0.387 e. The summed E-state index contributed by atoms with van der Waals surface area (Å²) in [5.41, 5.74) is 2.89. The number of aromatic nitrogens is 3. The molecule has 1 aliphatic heterocycles. The molecule has 4 aromatic rings. The predicted molar refractivity (Wildman–Crippen MR) is 160 cm³/mol. The van der Waals surface area contributed by atoms with Gasteiger partial charge in [-0.05, 0) is 67.3 Å². The van der Waals surface area contributed by atoms with Gasteiger partial charge in [0.1, 0.15) is 12.1 Å². The van der Waals surface area contributed by atoms with E-state index in [1.165, 1.54) is 34.1 Å². The summed E-state index contributed by atoms with van der Waals surface area (Å²) in [6.07, 6.45) is 3.94. The van der Waals surface area contributed by atoms with Gasteiger partial charge < -0.3 is 10.1 Å². The minimum Gasteiger partial charge on any atom is -0.432 e. The van der Waals surface area contributed by atoms with E-state index in [1.807, 2.05) is 25.1 Å². The summed E-state index contributed by atoms with van der Waals surface area (Å²) >= 11 is 1.13. The number of nitrogens with one attached hydrogen (secondary N) is 1. The molecule has 228 valence electrons. The maximum absolute atomic E-state index is 15.0. The van der Waals surface area contributed by atoms with Crippen LogP contribution in [0.15, 0.2) is 65.9 Å². The van der Waals surface area contributed by atoms with Gasteiger partial charge in [-0.3, -0.25) is 9.69 Å². The van der Waals surface area contributed by atoms with Crippen LogP contribution in [0.3, 0.4) is 0 Å². The third-order valence-corrected chi connectivity index (χ3v) is 7.52. The van der Waals surface area contributed by atoms with E-state index in [2.05, 4.69) is 32.1 Å². The van der Waals surface area contributed by atoms with Gasteiger partial charge in [-0.2, -0.15) is 13.8 Å². The Balaban J connectivity index is 1.31. The Morgan fingerprint density at radius 3 is 2.66 bits per heavy atom. The summed E-state index contributed by atoms with van der Waals surface area (Å²) in [5.74, 6) is -2.42. The molecule has 0 bridgehead atoms. The van der Waals surface area contributed by atoms with Crippen LogP contribution >= 0.6 is 11.8 Å². The van der Waals surface area contributed by atoms with E-state index in [9.17, 15) is 22.8 Å². The van der Waals surface area contributed by atoms with E-state index in [4.69, 9.17) is 0 Å². The fourth-order valence-electron chi connectivity index (χ4n) is 4.47. The molecule has 1 aromatic heterocycles. The first-order valence-corrected chi connectivity index (χ1v) is 14.5. The van der Waals surface area contributed by atoms with Gasteiger partial charge in [-0.15, -0.1) is 5.10 Å². The van der Waals surface area contributed by atoms with Gasteiger partial charge in [-0.1, -0.05) is 37.2 Å². The zero-order chi connectivity index (χ0) is 31.4. The Morgan fingerprint density at radius 2 is 1.93 bits per heavy atom. The van der Waals surface area contributed by atoms with Crippen molar-refractivity contribution in [2.24, 2.45) is 4.99 Å². The molecule has 0 aliphatic carbocycles. The Labute approximate surface area is 254 Å². The lowest BCUT2D eigenvalue weighted by Crippen LogP contribution is -2.31. The summed E-state index contributed by atoms with van der Waals surface area (Å²) < 4.78 is 59.2. The molecule has 3 amide bonds. The summed E-state index contributed by atoms with van der Waals surface area (Å²) in [5, 5.41) is 6.81. The van der Waals surface area contributed by atoms with Crippen molar-refractivity contribution in [1.82, 2.24) is 14.8 Å². The molecular formula is C30H26F4N6O3S. The van der Waals surface area contributed by atoms with Crippen LogP contribution in [-0.2, 0) is 11.2 Å². The first kappa shape index (κ1) is 30.7. The van der Waals surface area contributed by atoms with Crippen LogP contribution in [0.4, 0.5) is 33.7 Å². The largest absolute Gasteiger partial charge is 0.432 e. The number of benzene rings is 3. The van der Waals surface area contributed by atoms with Gasteiger partial charge in [0.05, 0.1) is 22.8 Å². The number of aliphatic imine (C=N–C) groups is 1. The number of anilines is 2. The molecule has 14 heteroatoms. The van der Waals surface area contributed by atoms with Crippen LogP contribution < -0.4 is 15.0 Å². The van der Waals surface area contributed by atoms with Crippen molar-refractivity contribution < 1.29 is 31.9 Å². The molecule has 44 heavy (non-hydrogen) atoms. The van der Waals surface area contributed by atoms with Gasteiger partial charge in [0.15, 0.2) is 22.6 Å². The van der Waals surface area contributed by atoms with Crippen molar-refractivity contribution in [3.63, 3.8) is 0 Å². The van der Waals surface area contributed by atoms with Gasteiger partial charge in [0.25, 0.3) is 0 Å². The van der Waals surface area contributed by atoms with Crippen LogP contribution in [0.25, 0.3) is 17.1 Å². The molecule has 3 aromatic carbocycles. The van der Waals surface area contributed by atoms with Crippen molar-refractivity contribution >= 4 is 40.2 Å². The van der Waals surface area contributed by atoms with Crippen molar-refractivity contribution in [3.05, 3.63) is 83.7 Å².